The Morgan fingerprint density at radius 1 is 1.25 bits per heavy atom. The lowest BCUT2D eigenvalue weighted by Crippen LogP contribution is -2.38. The summed E-state index contributed by atoms with van der Waals surface area (Å²) in [6.07, 6.45) is 4.67. The molecule has 2 fully saturated rings. The van der Waals surface area contributed by atoms with Crippen LogP contribution in [-0.4, -0.2) is 21.5 Å². The van der Waals surface area contributed by atoms with Crippen molar-refractivity contribution in [3.05, 3.63) is 29.8 Å². The molecule has 3 rings (SSSR count). The zero-order chi connectivity index (χ0) is 14.2. The molecule has 0 aliphatic heterocycles. The molecule has 3 unspecified atom stereocenters. The monoisotopic (exact) mass is 294 g/mol. The smallest absolute Gasteiger partial charge is 0.240 e. The van der Waals surface area contributed by atoms with E-state index in [-0.39, 0.29) is 6.04 Å². The highest BCUT2D eigenvalue weighted by Crippen LogP contribution is 2.44. The largest absolute Gasteiger partial charge is 0.316 e. The summed E-state index contributed by atoms with van der Waals surface area (Å²) < 4.78 is 27.9. The quantitative estimate of drug-likeness (QED) is 0.871. The molecule has 2 bridgehead atoms. The fourth-order valence-electron chi connectivity index (χ4n) is 3.68. The van der Waals surface area contributed by atoms with Crippen LogP contribution in [0.25, 0.3) is 0 Å². The lowest BCUT2D eigenvalue weighted by molar-refractivity contribution is 0.390. The van der Waals surface area contributed by atoms with Crippen LogP contribution in [-0.2, 0) is 16.6 Å². The van der Waals surface area contributed by atoms with E-state index in [0.29, 0.717) is 17.4 Å². The number of nitrogens with one attached hydrogen (secondary N) is 2. The van der Waals surface area contributed by atoms with Crippen LogP contribution >= 0.6 is 0 Å². The van der Waals surface area contributed by atoms with E-state index in [2.05, 4.69) is 10.0 Å². The van der Waals surface area contributed by atoms with Crippen molar-refractivity contribution in [1.82, 2.24) is 10.0 Å². The topological polar surface area (TPSA) is 58.2 Å². The summed E-state index contributed by atoms with van der Waals surface area (Å²) in [6.45, 7) is 0.678. The number of sulfonamides is 1. The Bertz CT molecular complexity index is 585. The van der Waals surface area contributed by atoms with Crippen molar-refractivity contribution in [3.8, 4) is 0 Å². The van der Waals surface area contributed by atoms with Gasteiger partial charge in [-0.15, -0.1) is 0 Å². The van der Waals surface area contributed by atoms with Gasteiger partial charge in [0.05, 0.1) is 4.90 Å². The Labute approximate surface area is 121 Å². The summed E-state index contributed by atoms with van der Waals surface area (Å²) >= 11 is 0. The molecule has 2 aliphatic rings. The summed E-state index contributed by atoms with van der Waals surface area (Å²) in [5.41, 5.74) is 0.989. The minimum absolute atomic E-state index is 0.145. The highest BCUT2D eigenvalue weighted by Gasteiger charge is 2.41. The van der Waals surface area contributed by atoms with E-state index in [0.717, 1.165) is 17.9 Å². The molecule has 2 N–H and O–H groups in total. The third-order valence-electron chi connectivity index (χ3n) is 4.63. The van der Waals surface area contributed by atoms with E-state index in [1.165, 1.54) is 19.3 Å². The first-order chi connectivity index (χ1) is 9.58. The van der Waals surface area contributed by atoms with E-state index in [9.17, 15) is 8.42 Å². The molecule has 2 saturated carbocycles. The molecule has 2 aliphatic carbocycles. The summed E-state index contributed by atoms with van der Waals surface area (Å²) in [7, 11) is -1.53. The fourth-order valence-corrected chi connectivity index (χ4v) is 5.07. The van der Waals surface area contributed by atoms with Crippen LogP contribution in [0.1, 0.15) is 31.2 Å². The summed E-state index contributed by atoms with van der Waals surface area (Å²) in [5, 5.41) is 3.04. The van der Waals surface area contributed by atoms with Gasteiger partial charge in [-0.05, 0) is 55.8 Å². The second-order valence-electron chi connectivity index (χ2n) is 6.08. The van der Waals surface area contributed by atoms with Gasteiger partial charge in [0.25, 0.3) is 0 Å². The first kappa shape index (κ1) is 14.0. The van der Waals surface area contributed by atoms with Crippen LogP contribution < -0.4 is 10.0 Å². The molecule has 0 amide bonds. The lowest BCUT2D eigenvalue weighted by Gasteiger charge is -2.22. The number of fused-ring (bicyclic) bond motifs is 2. The maximum absolute atomic E-state index is 12.5. The number of hydrogen-bond acceptors (Lipinski definition) is 3. The van der Waals surface area contributed by atoms with Gasteiger partial charge in [-0.25, -0.2) is 13.1 Å². The Morgan fingerprint density at radius 3 is 2.75 bits per heavy atom. The molecule has 0 spiro atoms. The van der Waals surface area contributed by atoms with E-state index in [1.807, 2.05) is 19.2 Å². The number of rotatable bonds is 5. The van der Waals surface area contributed by atoms with Crippen LogP contribution in [0.15, 0.2) is 29.2 Å². The molecule has 20 heavy (non-hydrogen) atoms. The Balaban J connectivity index is 1.76. The number of hydrogen-bond donors (Lipinski definition) is 2. The molecule has 0 aromatic heterocycles. The average molecular weight is 294 g/mol. The Kier molecular flexibility index (Phi) is 3.84. The molecule has 1 aromatic carbocycles. The van der Waals surface area contributed by atoms with Crippen LogP contribution in [0.4, 0.5) is 0 Å². The van der Waals surface area contributed by atoms with Gasteiger partial charge in [0.1, 0.15) is 0 Å². The summed E-state index contributed by atoms with van der Waals surface area (Å²) in [5.74, 6) is 1.29. The van der Waals surface area contributed by atoms with Crippen molar-refractivity contribution in [2.24, 2.45) is 11.8 Å². The van der Waals surface area contributed by atoms with E-state index in [1.54, 1.807) is 12.1 Å². The van der Waals surface area contributed by atoms with Gasteiger partial charge in [-0.2, -0.15) is 0 Å². The van der Waals surface area contributed by atoms with Gasteiger partial charge in [0, 0.05) is 12.6 Å². The third-order valence-corrected chi connectivity index (χ3v) is 6.12. The Hall–Kier alpha value is -0.910. The van der Waals surface area contributed by atoms with E-state index in [4.69, 9.17) is 0 Å². The van der Waals surface area contributed by atoms with Crippen molar-refractivity contribution < 1.29 is 8.42 Å². The molecule has 0 heterocycles. The first-order valence-electron chi connectivity index (χ1n) is 7.34. The zero-order valence-electron chi connectivity index (χ0n) is 11.8. The highest BCUT2D eigenvalue weighted by atomic mass is 32.2. The minimum atomic E-state index is -3.38. The van der Waals surface area contributed by atoms with E-state index >= 15 is 0 Å². The van der Waals surface area contributed by atoms with Gasteiger partial charge >= 0.3 is 0 Å². The molecule has 5 heteroatoms. The predicted molar refractivity (Wildman–Crippen MR) is 78.8 cm³/mol. The van der Waals surface area contributed by atoms with Gasteiger partial charge in [0.15, 0.2) is 0 Å². The Morgan fingerprint density at radius 2 is 2.10 bits per heavy atom. The lowest BCUT2D eigenvalue weighted by atomic mass is 9.96. The van der Waals surface area contributed by atoms with Crippen molar-refractivity contribution >= 4 is 10.0 Å². The minimum Gasteiger partial charge on any atom is -0.316 e. The maximum atomic E-state index is 12.5. The molecule has 0 saturated heterocycles. The second kappa shape index (κ2) is 5.47. The van der Waals surface area contributed by atoms with Gasteiger partial charge < -0.3 is 5.32 Å². The molecule has 110 valence electrons. The normalized spacial score (nSPS) is 28.9. The van der Waals surface area contributed by atoms with Crippen LogP contribution in [0.2, 0.25) is 0 Å². The van der Waals surface area contributed by atoms with Crippen LogP contribution in [0.3, 0.4) is 0 Å². The zero-order valence-corrected chi connectivity index (χ0v) is 12.6. The van der Waals surface area contributed by atoms with Gasteiger partial charge in [-0.1, -0.05) is 18.6 Å². The van der Waals surface area contributed by atoms with Crippen molar-refractivity contribution in [2.45, 2.75) is 43.2 Å². The van der Waals surface area contributed by atoms with Gasteiger partial charge in [0.2, 0.25) is 10.0 Å². The van der Waals surface area contributed by atoms with Crippen LogP contribution in [0.5, 0.6) is 0 Å². The molecule has 3 atom stereocenters. The van der Waals surface area contributed by atoms with Crippen molar-refractivity contribution in [1.29, 1.82) is 0 Å². The molecule has 4 nitrogen and oxygen atoms in total. The fraction of sp³-hybridized carbons (Fsp3) is 0.600. The molecule has 1 aromatic rings. The summed E-state index contributed by atoms with van der Waals surface area (Å²) in [6, 6.07) is 7.32. The SMILES string of the molecule is CNCc1cccc(S(=O)(=O)NC2CC3CCC2C3)c1. The predicted octanol–water partition coefficient (Wildman–Crippen LogP) is 1.87. The third kappa shape index (κ3) is 2.75. The standard InChI is InChI=1S/C15H22N2O2S/c1-16-10-12-3-2-4-14(8-12)20(18,19)17-15-9-11-5-6-13(15)7-11/h2-4,8,11,13,15-17H,5-7,9-10H2,1H3. The molecular weight excluding hydrogens is 272 g/mol. The maximum Gasteiger partial charge on any atom is 0.240 e. The number of benzene rings is 1. The first-order valence-corrected chi connectivity index (χ1v) is 8.82. The van der Waals surface area contributed by atoms with Crippen molar-refractivity contribution in [2.75, 3.05) is 7.05 Å². The molecular formula is C15H22N2O2S. The van der Waals surface area contributed by atoms with Crippen LogP contribution in [0, 0.1) is 11.8 Å². The molecule has 0 radical (unpaired) electrons. The highest BCUT2D eigenvalue weighted by molar-refractivity contribution is 7.89. The summed E-state index contributed by atoms with van der Waals surface area (Å²) in [4.78, 5) is 0.382. The van der Waals surface area contributed by atoms with Crippen molar-refractivity contribution in [3.63, 3.8) is 0 Å². The second-order valence-corrected chi connectivity index (χ2v) is 7.79. The average Bonchev–Trinajstić information content (AvgIpc) is 3.01. The van der Waals surface area contributed by atoms with E-state index < -0.39 is 10.0 Å². The van der Waals surface area contributed by atoms with Gasteiger partial charge in [-0.3, -0.25) is 0 Å².